The summed E-state index contributed by atoms with van der Waals surface area (Å²) in [6.45, 7) is 0.222. The number of aromatic nitrogens is 1. The van der Waals surface area contributed by atoms with E-state index in [2.05, 4.69) is 26.2 Å². The number of aliphatic hydroxyl groups excluding tert-OH is 1. The van der Waals surface area contributed by atoms with Gasteiger partial charge in [0.05, 0.1) is 5.03 Å². The maximum absolute atomic E-state index is 8.83. The van der Waals surface area contributed by atoms with E-state index >= 15 is 0 Å². The number of thioether (sulfide) groups is 1. The molecule has 15 heavy (non-hydrogen) atoms. The van der Waals surface area contributed by atoms with E-state index in [1.165, 1.54) is 0 Å². The molecular formula is C10H15BrN2OS. The Morgan fingerprint density at radius 3 is 2.93 bits per heavy atom. The van der Waals surface area contributed by atoms with Crippen molar-refractivity contribution in [2.45, 2.75) is 17.5 Å². The topological polar surface area (TPSA) is 45.1 Å². The van der Waals surface area contributed by atoms with Crippen molar-refractivity contribution in [2.75, 3.05) is 19.4 Å². The summed E-state index contributed by atoms with van der Waals surface area (Å²) in [7, 11) is 1.91. The molecule has 3 nitrogen and oxygen atoms in total. The van der Waals surface area contributed by atoms with Gasteiger partial charge in [-0.1, -0.05) is 0 Å². The van der Waals surface area contributed by atoms with Gasteiger partial charge in [0.15, 0.2) is 0 Å². The summed E-state index contributed by atoms with van der Waals surface area (Å²) in [6.07, 6.45) is 2.57. The van der Waals surface area contributed by atoms with E-state index in [1.807, 2.05) is 19.2 Å². The van der Waals surface area contributed by atoms with Crippen LogP contribution in [0.4, 0.5) is 0 Å². The third-order valence-electron chi connectivity index (χ3n) is 2.02. The lowest BCUT2D eigenvalue weighted by Crippen LogP contribution is -2.28. The van der Waals surface area contributed by atoms with Crippen LogP contribution in [0.15, 0.2) is 27.8 Å². The molecule has 84 valence electrons. The molecule has 0 saturated heterocycles. The lowest BCUT2D eigenvalue weighted by atomic mass is 10.2. The second-order valence-electron chi connectivity index (χ2n) is 3.12. The third kappa shape index (κ3) is 4.97. The second-order valence-corrected chi connectivity index (χ2v) is 5.08. The number of hydrogen-bond donors (Lipinski definition) is 2. The Kier molecular flexibility index (Phi) is 6.24. The van der Waals surface area contributed by atoms with Gasteiger partial charge in [0.2, 0.25) is 0 Å². The Morgan fingerprint density at radius 1 is 1.60 bits per heavy atom. The molecule has 0 bridgehead atoms. The highest BCUT2D eigenvalue weighted by Gasteiger charge is 2.06. The first-order chi connectivity index (χ1) is 7.26. The van der Waals surface area contributed by atoms with Crippen LogP contribution < -0.4 is 5.32 Å². The van der Waals surface area contributed by atoms with Gasteiger partial charge >= 0.3 is 0 Å². The van der Waals surface area contributed by atoms with E-state index in [9.17, 15) is 0 Å². The molecule has 1 aromatic heterocycles. The van der Waals surface area contributed by atoms with E-state index in [0.717, 1.165) is 21.7 Å². The number of aliphatic hydroxyl groups is 1. The number of rotatable bonds is 6. The molecule has 1 aromatic rings. The minimum absolute atomic E-state index is 0.222. The zero-order valence-corrected chi connectivity index (χ0v) is 11.0. The van der Waals surface area contributed by atoms with E-state index < -0.39 is 0 Å². The number of pyridine rings is 1. The minimum Gasteiger partial charge on any atom is -0.396 e. The van der Waals surface area contributed by atoms with Crippen LogP contribution in [-0.2, 0) is 0 Å². The van der Waals surface area contributed by atoms with Crippen molar-refractivity contribution in [3.8, 4) is 0 Å². The molecular weight excluding hydrogens is 276 g/mol. The molecule has 1 heterocycles. The van der Waals surface area contributed by atoms with Gasteiger partial charge in [-0.25, -0.2) is 4.98 Å². The van der Waals surface area contributed by atoms with Crippen LogP contribution in [0, 0.1) is 0 Å². The van der Waals surface area contributed by atoms with E-state index in [-0.39, 0.29) is 6.61 Å². The summed E-state index contributed by atoms with van der Waals surface area (Å²) in [4.78, 5) is 4.27. The third-order valence-corrected chi connectivity index (χ3v) is 3.59. The van der Waals surface area contributed by atoms with Crippen molar-refractivity contribution in [3.05, 3.63) is 22.8 Å². The summed E-state index contributed by atoms with van der Waals surface area (Å²) in [5.41, 5.74) is 0. The number of nitrogens with zero attached hydrogens (tertiary/aromatic N) is 1. The Bertz CT molecular complexity index is 281. The first-order valence-electron chi connectivity index (χ1n) is 4.78. The van der Waals surface area contributed by atoms with Gasteiger partial charge in [-0.05, 0) is 41.5 Å². The zero-order chi connectivity index (χ0) is 11.1. The molecule has 0 aliphatic heterocycles. The Labute approximate surface area is 103 Å². The van der Waals surface area contributed by atoms with Crippen molar-refractivity contribution in [3.63, 3.8) is 0 Å². The van der Waals surface area contributed by atoms with Gasteiger partial charge in [0.1, 0.15) is 0 Å². The normalized spacial score (nSPS) is 12.7. The standard InChI is InChI=1S/C10H15BrN2OS/c1-12-9(4-5-14)7-15-10-3-2-8(11)6-13-10/h2-3,6,9,12,14H,4-5,7H2,1H3. The average Bonchev–Trinajstić information content (AvgIpc) is 2.26. The fourth-order valence-electron chi connectivity index (χ4n) is 1.10. The van der Waals surface area contributed by atoms with Crippen LogP contribution in [0.5, 0.6) is 0 Å². The van der Waals surface area contributed by atoms with Gasteiger partial charge in [-0.15, -0.1) is 11.8 Å². The number of halogens is 1. The van der Waals surface area contributed by atoms with Gasteiger partial charge in [0.25, 0.3) is 0 Å². The van der Waals surface area contributed by atoms with Crippen LogP contribution in [0.1, 0.15) is 6.42 Å². The molecule has 0 amide bonds. The minimum atomic E-state index is 0.222. The quantitative estimate of drug-likeness (QED) is 0.786. The molecule has 1 unspecified atom stereocenters. The molecule has 0 aliphatic carbocycles. The molecule has 0 spiro atoms. The fourth-order valence-corrected chi connectivity index (χ4v) is 2.33. The van der Waals surface area contributed by atoms with Crippen LogP contribution in [0.2, 0.25) is 0 Å². The molecule has 5 heteroatoms. The van der Waals surface area contributed by atoms with Crippen LogP contribution in [-0.4, -0.2) is 35.5 Å². The van der Waals surface area contributed by atoms with Gasteiger partial charge < -0.3 is 10.4 Å². The Hall–Kier alpha value is -0.100. The summed E-state index contributed by atoms with van der Waals surface area (Å²) < 4.78 is 0.993. The molecule has 1 atom stereocenters. The summed E-state index contributed by atoms with van der Waals surface area (Å²) in [6, 6.07) is 4.31. The molecule has 0 fully saturated rings. The van der Waals surface area contributed by atoms with Crippen LogP contribution >= 0.6 is 27.7 Å². The van der Waals surface area contributed by atoms with Crippen molar-refractivity contribution in [1.29, 1.82) is 0 Å². The maximum Gasteiger partial charge on any atom is 0.0961 e. The monoisotopic (exact) mass is 290 g/mol. The lowest BCUT2D eigenvalue weighted by Gasteiger charge is -2.13. The Morgan fingerprint density at radius 2 is 2.40 bits per heavy atom. The first-order valence-corrected chi connectivity index (χ1v) is 6.56. The predicted octanol–water partition coefficient (Wildman–Crippen LogP) is 1.91. The Balaban J connectivity index is 2.38. The fraction of sp³-hybridized carbons (Fsp3) is 0.500. The molecule has 0 saturated carbocycles. The van der Waals surface area contributed by atoms with Crippen molar-refractivity contribution < 1.29 is 5.11 Å². The van der Waals surface area contributed by atoms with Gasteiger partial charge in [0, 0.05) is 29.1 Å². The van der Waals surface area contributed by atoms with Crippen molar-refractivity contribution in [1.82, 2.24) is 10.3 Å². The second kappa shape index (κ2) is 7.22. The van der Waals surface area contributed by atoms with Crippen molar-refractivity contribution in [2.24, 2.45) is 0 Å². The average molecular weight is 291 g/mol. The van der Waals surface area contributed by atoms with Crippen LogP contribution in [0.25, 0.3) is 0 Å². The highest BCUT2D eigenvalue weighted by molar-refractivity contribution is 9.10. The summed E-state index contributed by atoms with van der Waals surface area (Å²) >= 11 is 5.04. The first kappa shape index (κ1) is 13.0. The van der Waals surface area contributed by atoms with E-state index in [1.54, 1.807) is 18.0 Å². The van der Waals surface area contributed by atoms with E-state index in [4.69, 9.17) is 5.11 Å². The molecule has 2 N–H and O–H groups in total. The van der Waals surface area contributed by atoms with Gasteiger partial charge in [-0.3, -0.25) is 0 Å². The predicted molar refractivity (Wildman–Crippen MR) is 67.2 cm³/mol. The molecule has 0 aliphatic rings. The highest BCUT2D eigenvalue weighted by atomic mass is 79.9. The van der Waals surface area contributed by atoms with E-state index in [0.29, 0.717) is 6.04 Å². The molecule has 0 radical (unpaired) electrons. The number of hydrogen-bond acceptors (Lipinski definition) is 4. The van der Waals surface area contributed by atoms with Gasteiger partial charge in [-0.2, -0.15) is 0 Å². The summed E-state index contributed by atoms with van der Waals surface area (Å²) in [5, 5.41) is 13.0. The molecule has 0 aromatic carbocycles. The largest absolute Gasteiger partial charge is 0.396 e. The maximum atomic E-state index is 8.83. The smallest absolute Gasteiger partial charge is 0.0961 e. The van der Waals surface area contributed by atoms with Crippen molar-refractivity contribution >= 4 is 27.7 Å². The SMILES string of the molecule is CNC(CCO)CSc1ccc(Br)cn1. The lowest BCUT2D eigenvalue weighted by molar-refractivity contribution is 0.273. The highest BCUT2D eigenvalue weighted by Crippen LogP contribution is 2.18. The van der Waals surface area contributed by atoms with Crippen LogP contribution in [0.3, 0.4) is 0 Å². The number of nitrogens with one attached hydrogen (secondary N) is 1. The molecule has 1 rings (SSSR count). The zero-order valence-electron chi connectivity index (χ0n) is 8.61. The summed E-state index contributed by atoms with van der Waals surface area (Å²) in [5.74, 6) is 0.922.